The van der Waals surface area contributed by atoms with Gasteiger partial charge < -0.3 is 0 Å². The van der Waals surface area contributed by atoms with E-state index in [1.54, 1.807) is 6.07 Å². The minimum atomic E-state index is -0.177. The first-order valence-electron chi connectivity index (χ1n) is 11.7. The standard InChI is InChI=1S/C31H31F/c1-3-5-24-12-16-27(17-13-24)29-20-21-30(31(32)22-29)28-18-14-26(15-19-28)11-10-25-8-6-23(4-2)7-9-25/h6-9,12-22H,3-5,10-11H2,1-2H3. The van der Waals surface area contributed by atoms with Crippen LogP contribution in [0.2, 0.25) is 0 Å². The van der Waals surface area contributed by atoms with E-state index in [0.717, 1.165) is 48.8 Å². The molecule has 4 aromatic rings. The zero-order valence-electron chi connectivity index (χ0n) is 19.1. The zero-order chi connectivity index (χ0) is 22.3. The number of hydrogen-bond donors (Lipinski definition) is 0. The molecule has 0 unspecified atom stereocenters. The van der Waals surface area contributed by atoms with Crippen LogP contribution in [-0.4, -0.2) is 0 Å². The van der Waals surface area contributed by atoms with Crippen LogP contribution in [0.5, 0.6) is 0 Å². The average molecular weight is 423 g/mol. The molecule has 0 aromatic heterocycles. The van der Waals surface area contributed by atoms with Crippen LogP contribution in [0.15, 0.2) is 91.0 Å². The Labute approximate surface area is 191 Å². The molecule has 32 heavy (non-hydrogen) atoms. The molecule has 0 saturated heterocycles. The monoisotopic (exact) mass is 422 g/mol. The molecule has 0 saturated carbocycles. The molecule has 162 valence electrons. The van der Waals surface area contributed by atoms with Crippen LogP contribution < -0.4 is 0 Å². The lowest BCUT2D eigenvalue weighted by molar-refractivity contribution is 0.632. The lowest BCUT2D eigenvalue weighted by Crippen LogP contribution is -1.93. The van der Waals surface area contributed by atoms with Crippen molar-refractivity contribution in [1.82, 2.24) is 0 Å². The number of rotatable bonds is 8. The molecule has 4 aromatic carbocycles. The van der Waals surface area contributed by atoms with Gasteiger partial charge in [-0.15, -0.1) is 0 Å². The Kier molecular flexibility index (Phi) is 7.17. The summed E-state index contributed by atoms with van der Waals surface area (Å²) in [5.74, 6) is -0.177. The van der Waals surface area contributed by atoms with Gasteiger partial charge in [0.2, 0.25) is 0 Å². The maximum atomic E-state index is 15.0. The molecular formula is C31H31F. The van der Waals surface area contributed by atoms with Crippen LogP contribution in [0.1, 0.15) is 42.5 Å². The van der Waals surface area contributed by atoms with Crippen molar-refractivity contribution < 1.29 is 4.39 Å². The molecule has 0 spiro atoms. The fourth-order valence-electron chi connectivity index (χ4n) is 4.16. The second-order valence-electron chi connectivity index (χ2n) is 8.51. The van der Waals surface area contributed by atoms with Gasteiger partial charge in [0, 0.05) is 5.56 Å². The quantitative estimate of drug-likeness (QED) is 0.267. The molecular weight excluding hydrogens is 391 g/mol. The van der Waals surface area contributed by atoms with Gasteiger partial charge in [-0.1, -0.05) is 105 Å². The molecule has 0 aliphatic heterocycles. The first kappa shape index (κ1) is 22.0. The maximum Gasteiger partial charge on any atom is 0.131 e. The van der Waals surface area contributed by atoms with Gasteiger partial charge >= 0.3 is 0 Å². The number of hydrogen-bond acceptors (Lipinski definition) is 0. The fourth-order valence-corrected chi connectivity index (χ4v) is 4.16. The van der Waals surface area contributed by atoms with Crippen LogP contribution in [0.3, 0.4) is 0 Å². The summed E-state index contributed by atoms with van der Waals surface area (Å²) in [4.78, 5) is 0. The molecule has 4 rings (SSSR count). The predicted molar refractivity (Wildman–Crippen MR) is 134 cm³/mol. The van der Waals surface area contributed by atoms with Gasteiger partial charge in [0.05, 0.1) is 0 Å². The molecule has 1 heteroatoms. The molecule has 0 amide bonds. The normalized spacial score (nSPS) is 11.0. The molecule has 0 heterocycles. The van der Waals surface area contributed by atoms with E-state index in [9.17, 15) is 4.39 Å². The van der Waals surface area contributed by atoms with E-state index in [1.807, 2.05) is 24.3 Å². The summed E-state index contributed by atoms with van der Waals surface area (Å²) < 4.78 is 15.0. The molecule has 0 bridgehead atoms. The predicted octanol–water partition coefficient (Wildman–Crippen LogP) is 8.46. The highest BCUT2D eigenvalue weighted by Crippen LogP contribution is 2.29. The first-order chi connectivity index (χ1) is 15.7. The zero-order valence-corrected chi connectivity index (χ0v) is 19.1. The van der Waals surface area contributed by atoms with Crippen LogP contribution in [0.25, 0.3) is 22.3 Å². The van der Waals surface area contributed by atoms with Gasteiger partial charge in [-0.05, 0) is 70.7 Å². The largest absolute Gasteiger partial charge is 0.206 e. The lowest BCUT2D eigenvalue weighted by Gasteiger charge is -2.09. The summed E-state index contributed by atoms with van der Waals surface area (Å²) in [6, 6.07) is 31.2. The van der Waals surface area contributed by atoms with Crippen LogP contribution >= 0.6 is 0 Å². The molecule has 0 fully saturated rings. The molecule has 0 aliphatic carbocycles. The topological polar surface area (TPSA) is 0 Å². The summed E-state index contributed by atoms with van der Waals surface area (Å²) >= 11 is 0. The maximum absolute atomic E-state index is 15.0. The van der Waals surface area contributed by atoms with Crippen molar-refractivity contribution in [3.63, 3.8) is 0 Å². The van der Waals surface area contributed by atoms with Crippen molar-refractivity contribution in [2.45, 2.75) is 46.0 Å². The third-order valence-corrected chi connectivity index (χ3v) is 6.19. The Hall–Kier alpha value is -3.19. The van der Waals surface area contributed by atoms with Gasteiger partial charge in [-0.3, -0.25) is 0 Å². The highest BCUT2D eigenvalue weighted by Gasteiger charge is 2.08. The van der Waals surface area contributed by atoms with E-state index in [1.165, 1.54) is 22.3 Å². The van der Waals surface area contributed by atoms with Gasteiger partial charge in [-0.2, -0.15) is 0 Å². The van der Waals surface area contributed by atoms with Gasteiger partial charge in [-0.25, -0.2) is 4.39 Å². The van der Waals surface area contributed by atoms with E-state index >= 15 is 0 Å². The smallest absolute Gasteiger partial charge is 0.131 e. The summed E-state index contributed by atoms with van der Waals surface area (Å²) in [5, 5.41) is 0. The Morgan fingerprint density at radius 1 is 0.500 bits per heavy atom. The van der Waals surface area contributed by atoms with E-state index in [-0.39, 0.29) is 5.82 Å². The average Bonchev–Trinajstić information content (AvgIpc) is 2.84. The van der Waals surface area contributed by atoms with Gasteiger partial charge in [0.25, 0.3) is 0 Å². The van der Waals surface area contributed by atoms with Crippen LogP contribution in [-0.2, 0) is 25.7 Å². The molecule has 0 aliphatic rings. The van der Waals surface area contributed by atoms with Crippen molar-refractivity contribution in [2.24, 2.45) is 0 Å². The Morgan fingerprint density at radius 3 is 1.50 bits per heavy atom. The Bertz CT molecular complexity index is 1140. The van der Waals surface area contributed by atoms with E-state index in [2.05, 4.69) is 74.5 Å². The van der Waals surface area contributed by atoms with Crippen LogP contribution in [0.4, 0.5) is 4.39 Å². The highest BCUT2D eigenvalue weighted by molar-refractivity contribution is 5.71. The molecule has 0 radical (unpaired) electrons. The van der Waals surface area contributed by atoms with E-state index in [4.69, 9.17) is 0 Å². The lowest BCUT2D eigenvalue weighted by atomic mass is 9.97. The minimum absolute atomic E-state index is 0.177. The van der Waals surface area contributed by atoms with Crippen molar-refractivity contribution in [3.05, 3.63) is 119 Å². The number of aryl methyl sites for hydroxylation is 4. The summed E-state index contributed by atoms with van der Waals surface area (Å²) in [6.45, 7) is 4.36. The van der Waals surface area contributed by atoms with Gasteiger partial charge in [0.1, 0.15) is 5.82 Å². The van der Waals surface area contributed by atoms with Crippen molar-refractivity contribution in [3.8, 4) is 22.3 Å². The van der Waals surface area contributed by atoms with Crippen molar-refractivity contribution in [1.29, 1.82) is 0 Å². The second-order valence-corrected chi connectivity index (χ2v) is 8.51. The van der Waals surface area contributed by atoms with Crippen molar-refractivity contribution >= 4 is 0 Å². The first-order valence-corrected chi connectivity index (χ1v) is 11.7. The Morgan fingerprint density at radius 2 is 0.969 bits per heavy atom. The highest BCUT2D eigenvalue weighted by atomic mass is 19.1. The fraction of sp³-hybridized carbons (Fsp3) is 0.226. The molecule has 0 nitrogen and oxygen atoms in total. The summed E-state index contributed by atoms with van der Waals surface area (Å²) in [5.41, 5.74) is 8.87. The van der Waals surface area contributed by atoms with E-state index < -0.39 is 0 Å². The molecule has 0 N–H and O–H groups in total. The number of benzene rings is 4. The van der Waals surface area contributed by atoms with E-state index in [0.29, 0.717) is 5.56 Å². The number of halogens is 1. The molecule has 0 atom stereocenters. The minimum Gasteiger partial charge on any atom is -0.206 e. The summed E-state index contributed by atoms with van der Waals surface area (Å²) in [6.07, 6.45) is 5.29. The SMILES string of the molecule is CCCc1ccc(-c2ccc(-c3ccc(CCc4ccc(CC)cc4)cc3)c(F)c2)cc1. The second kappa shape index (κ2) is 10.4. The van der Waals surface area contributed by atoms with Crippen LogP contribution in [0, 0.1) is 5.82 Å². The summed E-state index contributed by atoms with van der Waals surface area (Å²) in [7, 11) is 0. The Balaban J connectivity index is 1.44. The third kappa shape index (κ3) is 5.34. The third-order valence-electron chi connectivity index (χ3n) is 6.19. The van der Waals surface area contributed by atoms with Crippen molar-refractivity contribution in [2.75, 3.05) is 0 Å². The van der Waals surface area contributed by atoms with Gasteiger partial charge in [0.15, 0.2) is 0 Å².